The summed E-state index contributed by atoms with van der Waals surface area (Å²) in [6, 6.07) is 11.8. The number of hydrogen-bond acceptors (Lipinski definition) is 5. The topological polar surface area (TPSA) is 90.7 Å². The van der Waals surface area contributed by atoms with Crippen molar-refractivity contribution in [3.05, 3.63) is 58.1 Å². The number of hydrogen-bond donors (Lipinski definition) is 1. The van der Waals surface area contributed by atoms with Gasteiger partial charge < -0.3 is 14.8 Å². The Hall–Kier alpha value is -3.09. The van der Waals surface area contributed by atoms with Crippen LogP contribution in [0.3, 0.4) is 0 Å². The van der Waals surface area contributed by atoms with Crippen LogP contribution in [0.5, 0.6) is 11.5 Å². The van der Waals surface area contributed by atoms with Gasteiger partial charge in [0.25, 0.3) is 5.69 Å². The van der Waals surface area contributed by atoms with Gasteiger partial charge in [-0.1, -0.05) is 6.07 Å². The number of anilines is 1. The molecule has 0 aliphatic heterocycles. The van der Waals surface area contributed by atoms with E-state index in [0.29, 0.717) is 30.0 Å². The molecule has 1 N–H and O–H groups in total. The summed E-state index contributed by atoms with van der Waals surface area (Å²) >= 11 is 0. The lowest BCUT2D eigenvalue weighted by molar-refractivity contribution is -0.385. The van der Waals surface area contributed by atoms with Crippen LogP contribution >= 0.6 is 0 Å². The zero-order valence-corrected chi connectivity index (χ0v) is 14.2. The van der Waals surface area contributed by atoms with Gasteiger partial charge in [0, 0.05) is 23.7 Å². The number of nitro groups is 1. The third-order valence-electron chi connectivity index (χ3n) is 3.57. The summed E-state index contributed by atoms with van der Waals surface area (Å²) in [4.78, 5) is 22.4. The van der Waals surface area contributed by atoms with Crippen LogP contribution in [0.25, 0.3) is 0 Å². The van der Waals surface area contributed by atoms with E-state index in [2.05, 4.69) is 5.32 Å². The van der Waals surface area contributed by atoms with Gasteiger partial charge in [0.05, 0.1) is 18.6 Å². The zero-order chi connectivity index (χ0) is 18.2. The molecule has 0 aliphatic carbocycles. The van der Waals surface area contributed by atoms with Crippen molar-refractivity contribution in [1.82, 2.24) is 0 Å². The third kappa shape index (κ3) is 5.49. The van der Waals surface area contributed by atoms with Crippen molar-refractivity contribution in [2.24, 2.45) is 0 Å². The number of nitro benzene ring substituents is 1. The molecule has 25 heavy (non-hydrogen) atoms. The molecule has 0 radical (unpaired) electrons. The Kier molecular flexibility index (Phi) is 6.33. The number of carbonyl (C=O) groups excluding carboxylic acids is 1. The molecule has 0 saturated carbocycles. The second-order valence-electron chi connectivity index (χ2n) is 5.43. The first kappa shape index (κ1) is 18.3. The minimum atomic E-state index is -0.465. The van der Waals surface area contributed by atoms with Crippen LogP contribution < -0.4 is 14.8 Å². The predicted octanol–water partition coefficient (Wildman–Crippen LogP) is 3.71. The zero-order valence-electron chi connectivity index (χ0n) is 14.2. The molecule has 0 fully saturated rings. The number of nitrogens with zero attached hydrogens (tertiary/aromatic N) is 1. The van der Waals surface area contributed by atoms with E-state index in [9.17, 15) is 14.9 Å². The monoisotopic (exact) mass is 344 g/mol. The molecular formula is C18H20N2O5. The maximum absolute atomic E-state index is 11.9. The van der Waals surface area contributed by atoms with Crippen LogP contribution in [0.4, 0.5) is 11.4 Å². The molecular weight excluding hydrogens is 324 g/mol. The fourth-order valence-electron chi connectivity index (χ4n) is 2.20. The highest BCUT2D eigenvalue weighted by Gasteiger charge is 2.12. The smallest absolute Gasteiger partial charge is 0.274 e. The number of amides is 1. The van der Waals surface area contributed by atoms with Crippen LogP contribution in [0.2, 0.25) is 0 Å². The molecule has 0 spiro atoms. The van der Waals surface area contributed by atoms with Crippen molar-refractivity contribution in [3.8, 4) is 11.5 Å². The molecule has 7 heteroatoms. The van der Waals surface area contributed by atoms with E-state index in [4.69, 9.17) is 9.47 Å². The van der Waals surface area contributed by atoms with E-state index in [1.165, 1.54) is 6.07 Å². The van der Waals surface area contributed by atoms with Crippen molar-refractivity contribution < 1.29 is 19.2 Å². The average molecular weight is 344 g/mol. The first-order valence-corrected chi connectivity index (χ1v) is 7.81. The minimum Gasteiger partial charge on any atom is -0.497 e. The number of nitrogens with one attached hydrogen (secondary N) is 1. The molecule has 0 aliphatic rings. The van der Waals surface area contributed by atoms with E-state index in [0.717, 1.165) is 5.75 Å². The Morgan fingerprint density at radius 2 is 1.84 bits per heavy atom. The Bertz CT molecular complexity index is 744. The van der Waals surface area contributed by atoms with Crippen LogP contribution in [-0.2, 0) is 4.79 Å². The van der Waals surface area contributed by atoms with Crippen LogP contribution in [-0.4, -0.2) is 24.5 Å². The maximum Gasteiger partial charge on any atom is 0.274 e. The van der Waals surface area contributed by atoms with E-state index < -0.39 is 4.92 Å². The van der Waals surface area contributed by atoms with Gasteiger partial charge in [0.15, 0.2) is 0 Å². The van der Waals surface area contributed by atoms with Crippen molar-refractivity contribution in [1.29, 1.82) is 0 Å². The van der Waals surface area contributed by atoms with Gasteiger partial charge in [-0.05, 0) is 43.7 Å². The predicted molar refractivity (Wildman–Crippen MR) is 94.2 cm³/mol. The van der Waals surface area contributed by atoms with E-state index in [-0.39, 0.29) is 18.0 Å². The standard InChI is InChI=1S/C18H20N2O5/c1-13-5-6-14(12-17(13)20(22)23)19-18(21)4-3-11-25-16-9-7-15(24-2)8-10-16/h5-10,12H,3-4,11H2,1-2H3,(H,19,21). The van der Waals surface area contributed by atoms with E-state index >= 15 is 0 Å². The Labute approximate surface area is 145 Å². The molecule has 0 bridgehead atoms. The lowest BCUT2D eigenvalue weighted by atomic mass is 10.2. The van der Waals surface area contributed by atoms with Crippen LogP contribution in [0.1, 0.15) is 18.4 Å². The molecule has 2 aromatic rings. The highest BCUT2D eigenvalue weighted by atomic mass is 16.6. The fourth-order valence-corrected chi connectivity index (χ4v) is 2.20. The Balaban J connectivity index is 1.77. The molecule has 2 aromatic carbocycles. The summed E-state index contributed by atoms with van der Waals surface area (Å²) < 4.78 is 10.6. The maximum atomic E-state index is 11.9. The quantitative estimate of drug-likeness (QED) is 0.448. The molecule has 0 heterocycles. The second kappa shape index (κ2) is 8.68. The number of ether oxygens (including phenoxy) is 2. The Morgan fingerprint density at radius 1 is 1.16 bits per heavy atom. The number of aryl methyl sites for hydroxylation is 1. The van der Waals surface area contributed by atoms with Gasteiger partial charge in [-0.3, -0.25) is 14.9 Å². The average Bonchev–Trinajstić information content (AvgIpc) is 2.60. The molecule has 0 atom stereocenters. The Morgan fingerprint density at radius 3 is 2.48 bits per heavy atom. The number of methoxy groups -OCH3 is 1. The molecule has 0 unspecified atom stereocenters. The summed E-state index contributed by atoms with van der Waals surface area (Å²) in [6.45, 7) is 2.05. The first-order valence-electron chi connectivity index (χ1n) is 7.81. The molecule has 2 rings (SSSR count). The number of benzene rings is 2. The highest BCUT2D eigenvalue weighted by molar-refractivity contribution is 5.91. The lowest BCUT2D eigenvalue weighted by Crippen LogP contribution is -2.13. The van der Waals surface area contributed by atoms with Gasteiger partial charge >= 0.3 is 0 Å². The highest BCUT2D eigenvalue weighted by Crippen LogP contribution is 2.22. The van der Waals surface area contributed by atoms with Gasteiger partial charge in [-0.15, -0.1) is 0 Å². The van der Waals surface area contributed by atoms with Crippen molar-refractivity contribution in [3.63, 3.8) is 0 Å². The number of rotatable bonds is 8. The van der Waals surface area contributed by atoms with Gasteiger partial charge in [-0.25, -0.2) is 0 Å². The van der Waals surface area contributed by atoms with Crippen molar-refractivity contribution in [2.45, 2.75) is 19.8 Å². The normalized spacial score (nSPS) is 10.2. The van der Waals surface area contributed by atoms with Crippen molar-refractivity contribution in [2.75, 3.05) is 19.0 Å². The van der Waals surface area contributed by atoms with Crippen molar-refractivity contribution >= 4 is 17.3 Å². The SMILES string of the molecule is COc1ccc(OCCCC(=O)Nc2ccc(C)c([N+](=O)[O-])c2)cc1. The molecule has 0 saturated heterocycles. The fraction of sp³-hybridized carbons (Fsp3) is 0.278. The molecule has 132 valence electrons. The molecule has 1 amide bonds. The summed E-state index contributed by atoms with van der Waals surface area (Å²) in [5.74, 6) is 1.24. The van der Waals surface area contributed by atoms with Gasteiger partial charge in [-0.2, -0.15) is 0 Å². The summed E-state index contributed by atoms with van der Waals surface area (Å²) in [5, 5.41) is 13.6. The lowest BCUT2D eigenvalue weighted by Gasteiger charge is -2.08. The summed E-state index contributed by atoms with van der Waals surface area (Å²) in [7, 11) is 1.59. The summed E-state index contributed by atoms with van der Waals surface area (Å²) in [5.41, 5.74) is 0.954. The van der Waals surface area contributed by atoms with E-state index in [1.807, 2.05) is 0 Å². The number of carbonyl (C=O) groups is 1. The second-order valence-corrected chi connectivity index (χ2v) is 5.43. The largest absolute Gasteiger partial charge is 0.497 e. The summed E-state index contributed by atoms with van der Waals surface area (Å²) in [6.07, 6.45) is 0.795. The van der Waals surface area contributed by atoms with Gasteiger partial charge in [0.1, 0.15) is 11.5 Å². The van der Waals surface area contributed by atoms with E-state index in [1.54, 1.807) is 50.4 Å². The molecule has 7 nitrogen and oxygen atoms in total. The minimum absolute atomic E-state index is 0.0133. The van der Waals surface area contributed by atoms with Crippen LogP contribution in [0, 0.1) is 17.0 Å². The molecule has 0 aromatic heterocycles. The van der Waals surface area contributed by atoms with Gasteiger partial charge in [0.2, 0.25) is 5.91 Å². The third-order valence-corrected chi connectivity index (χ3v) is 3.57. The van der Waals surface area contributed by atoms with Crippen LogP contribution in [0.15, 0.2) is 42.5 Å². The first-order chi connectivity index (χ1) is 12.0.